The summed E-state index contributed by atoms with van der Waals surface area (Å²) in [4.78, 5) is 6.75. The van der Waals surface area contributed by atoms with Crippen LogP contribution in [0, 0.1) is 0 Å². The average Bonchev–Trinajstić information content (AvgIpc) is 3.53. The van der Waals surface area contributed by atoms with Crippen molar-refractivity contribution in [3.63, 3.8) is 0 Å². The molecule has 1 saturated heterocycles. The molecule has 2 aromatic heterocycles. The minimum absolute atomic E-state index is 0.0864. The molecule has 9 heteroatoms. The maximum atomic E-state index is 11.6. The third-order valence-electron chi connectivity index (χ3n) is 6.38. The number of nitrogens with one attached hydrogen (secondary N) is 2. The number of benzene rings is 1. The van der Waals surface area contributed by atoms with Gasteiger partial charge in [-0.2, -0.15) is 0 Å². The minimum atomic E-state index is -3.34. The Morgan fingerprint density at radius 2 is 1.82 bits per heavy atom. The molecule has 7 nitrogen and oxygen atoms in total. The first-order valence-corrected chi connectivity index (χ1v) is 13.5. The van der Waals surface area contributed by atoms with E-state index in [0.717, 1.165) is 17.6 Å². The number of aromatic nitrogens is 2. The Morgan fingerprint density at radius 3 is 2.48 bits per heavy atom. The zero-order chi connectivity index (χ0) is 23.0. The molecule has 5 rings (SSSR count). The molecule has 3 heterocycles. The van der Waals surface area contributed by atoms with E-state index in [1.54, 1.807) is 18.3 Å². The van der Waals surface area contributed by atoms with Crippen LogP contribution < -0.4 is 14.9 Å². The summed E-state index contributed by atoms with van der Waals surface area (Å²) in [5.41, 5.74) is 3.55. The fraction of sp³-hybridized carbons (Fsp3) is 0.333. The monoisotopic (exact) mass is 481 g/mol. The lowest BCUT2D eigenvalue weighted by molar-refractivity contribution is 0.461. The second-order valence-corrected chi connectivity index (χ2v) is 10.8. The van der Waals surface area contributed by atoms with Crippen molar-refractivity contribution in [2.24, 2.45) is 0 Å². The van der Waals surface area contributed by atoms with Gasteiger partial charge in [0.25, 0.3) is 0 Å². The lowest BCUT2D eigenvalue weighted by atomic mass is 10.00. The Kier molecular flexibility index (Phi) is 5.84. The van der Waals surface area contributed by atoms with Gasteiger partial charge >= 0.3 is 0 Å². The Morgan fingerprint density at radius 1 is 1.06 bits per heavy atom. The molecule has 0 spiro atoms. The maximum absolute atomic E-state index is 11.6. The van der Waals surface area contributed by atoms with Crippen molar-refractivity contribution in [2.45, 2.75) is 43.8 Å². The van der Waals surface area contributed by atoms with Gasteiger partial charge in [-0.05, 0) is 73.6 Å². The largest absolute Gasteiger partial charge is 0.351 e. The minimum Gasteiger partial charge on any atom is -0.351 e. The van der Waals surface area contributed by atoms with Gasteiger partial charge in [-0.15, -0.1) is 0 Å². The first kappa shape index (κ1) is 21.9. The predicted molar refractivity (Wildman–Crippen MR) is 135 cm³/mol. The lowest BCUT2D eigenvalue weighted by Crippen LogP contribution is -2.30. The third kappa shape index (κ3) is 4.47. The number of thiocarbonyl (C=S) groups is 1. The molecule has 0 unspecified atom stereocenters. The standard InChI is InChI=1S/C24H27N5O2S2/c1-33(30,31)27-17-11-13-19(14-12-17)29-23(21-10-6-16-28(21)18-7-2-3-8-18)22(26-24(29)32)20-9-4-5-15-25-20/h4-6,9-16,18,22-23,27H,2-3,7-8H2,1H3,(H,26,32)/t22-,23-/m1/s1. The van der Waals surface area contributed by atoms with E-state index < -0.39 is 10.0 Å². The summed E-state index contributed by atoms with van der Waals surface area (Å²) in [5, 5.41) is 4.12. The number of rotatable bonds is 6. The fourth-order valence-corrected chi connectivity index (χ4v) is 5.92. The number of anilines is 2. The Bertz CT molecular complexity index is 1240. The van der Waals surface area contributed by atoms with Crippen LogP contribution in [-0.4, -0.2) is 29.3 Å². The molecule has 2 fully saturated rings. The van der Waals surface area contributed by atoms with Crippen LogP contribution in [-0.2, 0) is 10.0 Å². The van der Waals surface area contributed by atoms with E-state index in [2.05, 4.69) is 42.8 Å². The summed E-state index contributed by atoms with van der Waals surface area (Å²) >= 11 is 5.82. The summed E-state index contributed by atoms with van der Waals surface area (Å²) in [6, 6.07) is 17.9. The first-order valence-electron chi connectivity index (χ1n) is 11.2. The van der Waals surface area contributed by atoms with Crippen LogP contribution in [0.25, 0.3) is 0 Å². The van der Waals surface area contributed by atoms with Gasteiger partial charge in [0.2, 0.25) is 10.0 Å². The van der Waals surface area contributed by atoms with Crippen molar-refractivity contribution in [1.82, 2.24) is 14.9 Å². The smallest absolute Gasteiger partial charge is 0.229 e. The molecule has 1 saturated carbocycles. The zero-order valence-corrected chi connectivity index (χ0v) is 20.0. The van der Waals surface area contributed by atoms with Crippen LogP contribution in [0.5, 0.6) is 0 Å². The lowest BCUT2D eigenvalue weighted by Gasteiger charge is -2.30. The van der Waals surface area contributed by atoms with E-state index >= 15 is 0 Å². The van der Waals surface area contributed by atoms with Crippen molar-refractivity contribution in [3.8, 4) is 0 Å². The summed E-state index contributed by atoms with van der Waals surface area (Å²) in [6.07, 6.45) is 10.0. The molecule has 3 aromatic rings. The normalized spacial score (nSPS) is 21.4. The van der Waals surface area contributed by atoms with Crippen molar-refractivity contribution < 1.29 is 8.42 Å². The van der Waals surface area contributed by atoms with Crippen molar-refractivity contribution in [2.75, 3.05) is 15.9 Å². The molecule has 0 amide bonds. The Hall–Kier alpha value is -2.91. The van der Waals surface area contributed by atoms with Crippen LogP contribution in [0.4, 0.5) is 11.4 Å². The Labute approximate surface area is 199 Å². The van der Waals surface area contributed by atoms with Gasteiger partial charge in [-0.3, -0.25) is 9.71 Å². The number of sulfonamides is 1. The molecule has 2 N–H and O–H groups in total. The third-order valence-corrected chi connectivity index (χ3v) is 7.30. The topological polar surface area (TPSA) is 79.3 Å². The average molecular weight is 482 g/mol. The quantitative estimate of drug-likeness (QED) is 0.503. The molecule has 33 heavy (non-hydrogen) atoms. The molecule has 2 aliphatic rings. The van der Waals surface area contributed by atoms with Crippen molar-refractivity contribution in [1.29, 1.82) is 0 Å². The highest BCUT2D eigenvalue weighted by atomic mass is 32.2. The predicted octanol–water partition coefficient (Wildman–Crippen LogP) is 4.55. The van der Waals surface area contributed by atoms with E-state index in [1.165, 1.54) is 31.4 Å². The van der Waals surface area contributed by atoms with Crippen LogP contribution in [0.2, 0.25) is 0 Å². The van der Waals surface area contributed by atoms with Crippen molar-refractivity contribution >= 4 is 38.7 Å². The van der Waals surface area contributed by atoms with Crippen LogP contribution in [0.1, 0.15) is 55.2 Å². The van der Waals surface area contributed by atoms with Gasteiger partial charge in [0.05, 0.1) is 18.0 Å². The van der Waals surface area contributed by atoms with Crippen LogP contribution >= 0.6 is 12.2 Å². The summed E-state index contributed by atoms with van der Waals surface area (Å²) in [7, 11) is -3.34. The molecule has 1 aliphatic heterocycles. The Balaban J connectivity index is 1.56. The molecule has 1 aromatic carbocycles. The SMILES string of the molecule is CS(=O)(=O)Nc1ccc(N2C(=S)N[C@H](c3ccccn3)[C@H]2c2cccn2C2CCCC2)cc1. The molecule has 2 atom stereocenters. The molecule has 0 bridgehead atoms. The summed E-state index contributed by atoms with van der Waals surface area (Å²) in [6.45, 7) is 0. The van der Waals surface area contributed by atoms with Gasteiger partial charge < -0.3 is 14.8 Å². The van der Waals surface area contributed by atoms with E-state index in [0.29, 0.717) is 16.8 Å². The molecular weight excluding hydrogens is 454 g/mol. The highest BCUT2D eigenvalue weighted by Crippen LogP contribution is 2.43. The van der Waals surface area contributed by atoms with Gasteiger partial charge in [-0.25, -0.2) is 8.42 Å². The fourth-order valence-electron chi connectivity index (χ4n) is 5.01. The van der Waals surface area contributed by atoms with E-state index in [9.17, 15) is 8.42 Å². The van der Waals surface area contributed by atoms with Gasteiger partial charge in [0, 0.05) is 35.5 Å². The molecule has 172 valence electrons. The summed E-state index contributed by atoms with van der Waals surface area (Å²) < 4.78 is 28.1. The second kappa shape index (κ2) is 8.79. The van der Waals surface area contributed by atoms with E-state index in [1.807, 2.05) is 30.3 Å². The number of nitrogens with zero attached hydrogens (tertiary/aromatic N) is 3. The highest BCUT2D eigenvalue weighted by molar-refractivity contribution is 7.92. The highest BCUT2D eigenvalue weighted by Gasteiger charge is 2.42. The number of hydrogen-bond donors (Lipinski definition) is 2. The molecule has 0 radical (unpaired) electrons. The maximum Gasteiger partial charge on any atom is 0.229 e. The molecule has 1 aliphatic carbocycles. The first-order chi connectivity index (χ1) is 15.9. The second-order valence-electron chi connectivity index (χ2n) is 8.70. The zero-order valence-electron chi connectivity index (χ0n) is 18.4. The van der Waals surface area contributed by atoms with Crippen LogP contribution in [0.15, 0.2) is 67.0 Å². The molecular formula is C24H27N5O2S2. The van der Waals surface area contributed by atoms with E-state index in [-0.39, 0.29) is 12.1 Å². The number of pyridine rings is 1. The number of hydrogen-bond acceptors (Lipinski definition) is 4. The van der Waals surface area contributed by atoms with Gasteiger partial charge in [0.15, 0.2) is 5.11 Å². The van der Waals surface area contributed by atoms with Gasteiger partial charge in [-0.1, -0.05) is 18.9 Å². The summed E-state index contributed by atoms with van der Waals surface area (Å²) in [5.74, 6) is 0. The van der Waals surface area contributed by atoms with Crippen molar-refractivity contribution in [3.05, 3.63) is 78.4 Å². The van der Waals surface area contributed by atoms with Gasteiger partial charge in [0.1, 0.15) is 6.04 Å². The van der Waals surface area contributed by atoms with E-state index in [4.69, 9.17) is 12.2 Å². The van der Waals surface area contributed by atoms with Crippen LogP contribution in [0.3, 0.4) is 0 Å².